The van der Waals surface area contributed by atoms with Gasteiger partial charge in [-0.3, -0.25) is 0 Å². The van der Waals surface area contributed by atoms with Crippen LogP contribution in [0.5, 0.6) is 0 Å². The molecule has 0 fully saturated rings. The molecule has 0 saturated carbocycles. The summed E-state index contributed by atoms with van der Waals surface area (Å²) in [6.07, 6.45) is -4.19. The molecule has 2 nitrogen and oxygen atoms in total. The van der Waals surface area contributed by atoms with E-state index in [1.165, 1.54) is 11.8 Å². The first-order chi connectivity index (χ1) is 7.50. The number of rotatable bonds is 1. The zero-order valence-corrected chi connectivity index (χ0v) is 8.88. The van der Waals surface area contributed by atoms with E-state index in [1.54, 1.807) is 18.2 Å². The zero-order chi connectivity index (χ0) is 11.8. The number of anilines is 2. The lowest BCUT2D eigenvalue weighted by Gasteiger charge is -2.37. The fourth-order valence-electron chi connectivity index (χ4n) is 1.88. The second-order valence-corrected chi connectivity index (χ2v) is 3.85. The molecule has 0 radical (unpaired) electrons. The highest BCUT2D eigenvalue weighted by molar-refractivity contribution is 5.72. The molecule has 0 saturated heterocycles. The number of fused-ring (bicyclic) bond motifs is 1. The van der Waals surface area contributed by atoms with Crippen molar-refractivity contribution < 1.29 is 13.2 Å². The molecule has 1 aliphatic rings. The second-order valence-electron chi connectivity index (χ2n) is 3.85. The van der Waals surface area contributed by atoms with Gasteiger partial charge in [-0.2, -0.15) is 13.2 Å². The molecule has 1 heterocycles. The lowest BCUT2D eigenvalue weighted by atomic mass is 10.1. The summed E-state index contributed by atoms with van der Waals surface area (Å²) in [5, 5.41) is 3.09. The normalized spacial score (nSPS) is 17.6. The van der Waals surface area contributed by atoms with Crippen LogP contribution in [0.2, 0.25) is 0 Å². The fourth-order valence-corrected chi connectivity index (χ4v) is 1.88. The van der Waals surface area contributed by atoms with E-state index < -0.39 is 12.2 Å². The van der Waals surface area contributed by atoms with E-state index in [2.05, 4.69) is 5.32 Å². The van der Waals surface area contributed by atoms with Gasteiger partial charge < -0.3 is 10.2 Å². The number of alkyl halides is 3. The summed E-state index contributed by atoms with van der Waals surface area (Å²) in [5.41, 5.74) is 1.39. The first kappa shape index (κ1) is 11.1. The van der Waals surface area contributed by atoms with Gasteiger partial charge in [-0.1, -0.05) is 12.1 Å². The summed E-state index contributed by atoms with van der Waals surface area (Å²) in [6.45, 7) is 2.11. The van der Waals surface area contributed by atoms with Crippen molar-refractivity contribution in [2.24, 2.45) is 0 Å². The third-order valence-corrected chi connectivity index (χ3v) is 2.82. The maximum absolute atomic E-state index is 12.7. The van der Waals surface area contributed by atoms with Gasteiger partial charge in [-0.25, -0.2) is 0 Å². The first-order valence-corrected chi connectivity index (χ1v) is 5.16. The molecule has 2 rings (SSSR count). The minimum Gasteiger partial charge on any atom is -0.382 e. The number of hydrogen-bond donors (Lipinski definition) is 1. The van der Waals surface area contributed by atoms with Gasteiger partial charge in [0, 0.05) is 13.1 Å². The SMILES string of the molecule is C[C@H](N1CCNc2ccccc21)C(F)(F)F. The van der Waals surface area contributed by atoms with Crippen molar-refractivity contribution in [3.8, 4) is 0 Å². The Kier molecular flexibility index (Phi) is 2.69. The van der Waals surface area contributed by atoms with Crippen LogP contribution in [0.3, 0.4) is 0 Å². The van der Waals surface area contributed by atoms with Crippen molar-refractivity contribution >= 4 is 11.4 Å². The summed E-state index contributed by atoms with van der Waals surface area (Å²) in [4.78, 5) is 1.39. The summed E-state index contributed by atoms with van der Waals surface area (Å²) in [5.74, 6) is 0. The molecule has 88 valence electrons. The second kappa shape index (κ2) is 3.88. The predicted octanol–water partition coefficient (Wildman–Crippen LogP) is 2.87. The number of para-hydroxylation sites is 2. The highest BCUT2D eigenvalue weighted by Crippen LogP contribution is 2.34. The quantitative estimate of drug-likeness (QED) is 0.798. The van der Waals surface area contributed by atoms with Gasteiger partial charge >= 0.3 is 6.18 Å². The number of nitrogens with zero attached hydrogens (tertiary/aromatic N) is 1. The Labute approximate surface area is 92.1 Å². The number of nitrogens with one attached hydrogen (secondary N) is 1. The van der Waals surface area contributed by atoms with Crippen LogP contribution in [-0.2, 0) is 0 Å². The Morgan fingerprint density at radius 1 is 1.31 bits per heavy atom. The number of hydrogen-bond acceptors (Lipinski definition) is 2. The molecule has 0 unspecified atom stereocenters. The van der Waals surface area contributed by atoms with Gasteiger partial charge in [-0.15, -0.1) is 0 Å². The lowest BCUT2D eigenvalue weighted by molar-refractivity contribution is -0.144. The van der Waals surface area contributed by atoms with E-state index >= 15 is 0 Å². The Morgan fingerprint density at radius 2 is 2.00 bits per heavy atom. The van der Waals surface area contributed by atoms with Crippen LogP contribution in [0.4, 0.5) is 24.5 Å². The van der Waals surface area contributed by atoms with Crippen LogP contribution >= 0.6 is 0 Å². The minimum absolute atomic E-state index is 0.373. The van der Waals surface area contributed by atoms with Crippen LogP contribution in [-0.4, -0.2) is 25.3 Å². The summed E-state index contributed by atoms with van der Waals surface area (Å²) < 4.78 is 38.0. The molecule has 0 bridgehead atoms. The minimum atomic E-state index is -4.19. The topological polar surface area (TPSA) is 15.3 Å². The van der Waals surface area contributed by atoms with E-state index in [-0.39, 0.29) is 0 Å². The van der Waals surface area contributed by atoms with Gasteiger partial charge in [0.25, 0.3) is 0 Å². The maximum atomic E-state index is 12.7. The van der Waals surface area contributed by atoms with E-state index in [0.29, 0.717) is 18.8 Å². The number of halogens is 3. The van der Waals surface area contributed by atoms with Crippen LogP contribution in [0.25, 0.3) is 0 Å². The molecule has 0 amide bonds. The van der Waals surface area contributed by atoms with Gasteiger partial charge in [0.1, 0.15) is 6.04 Å². The molecule has 1 aliphatic heterocycles. The number of benzene rings is 1. The molecule has 16 heavy (non-hydrogen) atoms. The highest BCUT2D eigenvalue weighted by atomic mass is 19.4. The van der Waals surface area contributed by atoms with Gasteiger partial charge in [0.05, 0.1) is 11.4 Å². The molecule has 0 aliphatic carbocycles. The molecule has 1 aromatic carbocycles. The Hall–Kier alpha value is -1.39. The average molecular weight is 230 g/mol. The van der Waals surface area contributed by atoms with Crippen molar-refractivity contribution in [1.29, 1.82) is 0 Å². The predicted molar refractivity (Wildman–Crippen MR) is 57.8 cm³/mol. The van der Waals surface area contributed by atoms with Gasteiger partial charge in [0.15, 0.2) is 0 Å². The Morgan fingerprint density at radius 3 is 2.69 bits per heavy atom. The third kappa shape index (κ3) is 1.94. The maximum Gasteiger partial charge on any atom is 0.408 e. The van der Waals surface area contributed by atoms with Crippen LogP contribution in [0.15, 0.2) is 24.3 Å². The van der Waals surface area contributed by atoms with Crippen molar-refractivity contribution in [2.45, 2.75) is 19.1 Å². The fraction of sp³-hybridized carbons (Fsp3) is 0.455. The van der Waals surface area contributed by atoms with E-state index in [1.807, 2.05) is 6.07 Å². The first-order valence-electron chi connectivity index (χ1n) is 5.16. The Balaban J connectivity index is 2.32. The molecular weight excluding hydrogens is 217 g/mol. The molecule has 5 heteroatoms. The van der Waals surface area contributed by atoms with Crippen molar-refractivity contribution in [3.63, 3.8) is 0 Å². The van der Waals surface area contributed by atoms with Crippen LogP contribution in [0, 0.1) is 0 Å². The Bertz CT molecular complexity index is 376. The summed E-state index contributed by atoms with van der Waals surface area (Å²) in [7, 11) is 0. The molecule has 0 spiro atoms. The van der Waals surface area contributed by atoms with E-state index in [0.717, 1.165) is 5.69 Å². The molecular formula is C11H13F3N2. The molecule has 1 aromatic rings. The van der Waals surface area contributed by atoms with Crippen LogP contribution < -0.4 is 10.2 Å². The van der Waals surface area contributed by atoms with Gasteiger partial charge in [-0.05, 0) is 19.1 Å². The third-order valence-electron chi connectivity index (χ3n) is 2.82. The van der Waals surface area contributed by atoms with E-state index in [9.17, 15) is 13.2 Å². The van der Waals surface area contributed by atoms with E-state index in [4.69, 9.17) is 0 Å². The molecule has 1 N–H and O–H groups in total. The monoisotopic (exact) mass is 230 g/mol. The molecule has 0 aromatic heterocycles. The smallest absolute Gasteiger partial charge is 0.382 e. The molecule has 1 atom stereocenters. The largest absolute Gasteiger partial charge is 0.408 e. The van der Waals surface area contributed by atoms with Crippen molar-refractivity contribution in [2.75, 3.05) is 23.3 Å². The van der Waals surface area contributed by atoms with Crippen LogP contribution in [0.1, 0.15) is 6.92 Å². The average Bonchev–Trinajstić information content (AvgIpc) is 2.26. The van der Waals surface area contributed by atoms with Crippen molar-refractivity contribution in [1.82, 2.24) is 0 Å². The zero-order valence-electron chi connectivity index (χ0n) is 8.88. The van der Waals surface area contributed by atoms with Gasteiger partial charge in [0.2, 0.25) is 0 Å². The standard InChI is InChI=1S/C11H13F3N2/c1-8(11(12,13)14)16-7-6-15-9-4-2-3-5-10(9)16/h2-5,8,15H,6-7H2,1H3/t8-/m0/s1. The lowest BCUT2D eigenvalue weighted by Crippen LogP contribution is -2.47. The van der Waals surface area contributed by atoms with Crippen molar-refractivity contribution in [3.05, 3.63) is 24.3 Å². The summed E-state index contributed by atoms with van der Waals surface area (Å²) >= 11 is 0. The summed E-state index contributed by atoms with van der Waals surface area (Å²) in [6, 6.07) is 5.62. The highest BCUT2D eigenvalue weighted by Gasteiger charge is 2.41.